The molecule has 0 spiro atoms. The first kappa shape index (κ1) is 16.2. The van der Waals surface area contributed by atoms with Gasteiger partial charge in [0, 0.05) is 32.4 Å². The van der Waals surface area contributed by atoms with E-state index in [-0.39, 0.29) is 17.6 Å². The third-order valence-corrected chi connectivity index (χ3v) is 5.60. The molecule has 3 fully saturated rings. The Hall–Kier alpha value is -0.650. The molecule has 0 aromatic carbocycles. The number of nitrogens with one attached hydrogen (secondary N) is 1. The normalized spacial score (nSPS) is 27.3. The lowest BCUT2D eigenvalue weighted by atomic mass is 9.86. The lowest BCUT2D eigenvalue weighted by molar-refractivity contribution is -0.133. The molecule has 0 bridgehead atoms. The van der Waals surface area contributed by atoms with Gasteiger partial charge in [0.05, 0.1) is 0 Å². The second kappa shape index (κ2) is 7.28. The average molecular weight is 310 g/mol. The van der Waals surface area contributed by atoms with Gasteiger partial charge in [0.15, 0.2) is 0 Å². The molecule has 1 unspecified atom stereocenters. The summed E-state index contributed by atoms with van der Waals surface area (Å²) in [5.74, 6) is 0.513. The molecule has 1 amide bonds. The van der Waals surface area contributed by atoms with Gasteiger partial charge < -0.3 is 14.8 Å². The zero-order valence-corrected chi connectivity index (χ0v) is 13.8. The average Bonchev–Trinajstić information content (AvgIpc) is 3.40. The van der Waals surface area contributed by atoms with Crippen molar-refractivity contribution in [1.29, 1.82) is 0 Å². The zero-order valence-electron chi connectivity index (χ0n) is 13.8. The number of amides is 1. The van der Waals surface area contributed by atoms with Crippen molar-refractivity contribution in [2.45, 2.75) is 56.6 Å². The molecule has 0 radical (unpaired) electrons. The molecule has 1 saturated carbocycles. The predicted molar refractivity (Wildman–Crippen MR) is 84.7 cm³/mol. The molecule has 2 aliphatic heterocycles. The summed E-state index contributed by atoms with van der Waals surface area (Å²) in [6, 6.07) is 0. The quantitative estimate of drug-likeness (QED) is 0.809. The van der Waals surface area contributed by atoms with E-state index in [0.717, 1.165) is 58.5 Å². The largest absolute Gasteiger partial charge is 0.381 e. The Morgan fingerprint density at radius 3 is 2.55 bits per heavy atom. The van der Waals surface area contributed by atoms with Crippen LogP contribution in [0.1, 0.15) is 44.9 Å². The molecular weight excluding hydrogens is 280 g/mol. The van der Waals surface area contributed by atoms with E-state index < -0.39 is 0 Å². The van der Waals surface area contributed by atoms with Gasteiger partial charge in [-0.05, 0) is 57.5 Å². The highest BCUT2D eigenvalue weighted by Gasteiger charge is 2.41. The lowest BCUT2D eigenvalue weighted by Crippen LogP contribution is -2.60. The summed E-state index contributed by atoms with van der Waals surface area (Å²) in [5, 5.41) is 3.20. The number of methoxy groups -OCH3 is 1. The standard InChI is InChI=1S/C17H30N2O3/c1-21-15(14-5-6-14)16(20)18-13-17(7-11-22-12-8-17)19-9-3-2-4-10-19/h14-15H,2-13H2,1H3,(H,18,20). The third-order valence-electron chi connectivity index (χ3n) is 5.60. The number of hydrogen-bond acceptors (Lipinski definition) is 4. The van der Waals surface area contributed by atoms with Gasteiger partial charge in [-0.1, -0.05) is 6.42 Å². The summed E-state index contributed by atoms with van der Waals surface area (Å²) < 4.78 is 11.0. The second-order valence-electron chi connectivity index (χ2n) is 7.10. The van der Waals surface area contributed by atoms with E-state index in [1.807, 2.05) is 0 Å². The fraction of sp³-hybridized carbons (Fsp3) is 0.941. The topological polar surface area (TPSA) is 50.8 Å². The van der Waals surface area contributed by atoms with Gasteiger partial charge in [-0.2, -0.15) is 0 Å². The number of carbonyl (C=O) groups is 1. The Morgan fingerprint density at radius 2 is 1.95 bits per heavy atom. The summed E-state index contributed by atoms with van der Waals surface area (Å²) in [6.07, 6.45) is 7.93. The highest BCUT2D eigenvalue weighted by atomic mass is 16.5. The van der Waals surface area contributed by atoms with Crippen LogP contribution in [-0.4, -0.2) is 62.4 Å². The van der Waals surface area contributed by atoms with Crippen LogP contribution in [0.2, 0.25) is 0 Å². The maximum absolute atomic E-state index is 12.4. The number of nitrogens with zero attached hydrogens (tertiary/aromatic N) is 1. The number of carbonyl (C=O) groups excluding carboxylic acids is 1. The maximum Gasteiger partial charge on any atom is 0.249 e. The number of hydrogen-bond donors (Lipinski definition) is 1. The Labute approximate surface area is 133 Å². The molecule has 3 rings (SSSR count). The first-order valence-electron chi connectivity index (χ1n) is 8.88. The third kappa shape index (κ3) is 3.63. The van der Waals surface area contributed by atoms with E-state index in [0.29, 0.717) is 5.92 Å². The van der Waals surface area contributed by atoms with E-state index in [1.54, 1.807) is 7.11 Å². The summed E-state index contributed by atoms with van der Waals surface area (Å²) >= 11 is 0. The van der Waals surface area contributed by atoms with E-state index in [4.69, 9.17) is 9.47 Å². The van der Waals surface area contributed by atoms with Gasteiger partial charge in [-0.3, -0.25) is 9.69 Å². The minimum Gasteiger partial charge on any atom is -0.381 e. The van der Waals surface area contributed by atoms with Crippen molar-refractivity contribution in [3.05, 3.63) is 0 Å². The molecule has 5 heteroatoms. The van der Waals surface area contributed by atoms with Crippen molar-refractivity contribution in [3.63, 3.8) is 0 Å². The summed E-state index contributed by atoms with van der Waals surface area (Å²) in [5.41, 5.74) is 0.0934. The molecule has 1 atom stereocenters. The smallest absolute Gasteiger partial charge is 0.249 e. The van der Waals surface area contributed by atoms with E-state index in [9.17, 15) is 4.79 Å². The lowest BCUT2D eigenvalue weighted by Gasteiger charge is -2.48. The molecule has 0 aromatic heterocycles. The van der Waals surface area contributed by atoms with Gasteiger partial charge >= 0.3 is 0 Å². The van der Waals surface area contributed by atoms with E-state index in [1.165, 1.54) is 19.3 Å². The Morgan fingerprint density at radius 1 is 1.27 bits per heavy atom. The summed E-state index contributed by atoms with van der Waals surface area (Å²) in [7, 11) is 1.65. The van der Waals surface area contributed by atoms with Crippen LogP contribution in [0.25, 0.3) is 0 Å². The summed E-state index contributed by atoms with van der Waals surface area (Å²) in [4.78, 5) is 15.0. The number of likely N-dealkylation sites (tertiary alicyclic amines) is 1. The van der Waals surface area contributed by atoms with E-state index in [2.05, 4.69) is 10.2 Å². The van der Waals surface area contributed by atoms with Crippen molar-refractivity contribution in [2.24, 2.45) is 5.92 Å². The van der Waals surface area contributed by atoms with Crippen LogP contribution in [0.5, 0.6) is 0 Å². The molecule has 0 aromatic rings. The van der Waals surface area contributed by atoms with Gasteiger partial charge in [0.2, 0.25) is 5.91 Å². The molecule has 5 nitrogen and oxygen atoms in total. The number of ether oxygens (including phenoxy) is 2. The number of piperidine rings is 1. The van der Waals surface area contributed by atoms with Gasteiger partial charge in [-0.15, -0.1) is 0 Å². The summed E-state index contributed by atoms with van der Waals surface area (Å²) in [6.45, 7) is 4.67. The minimum atomic E-state index is -0.252. The maximum atomic E-state index is 12.4. The molecule has 3 aliphatic rings. The van der Waals surface area contributed by atoms with E-state index >= 15 is 0 Å². The Kier molecular flexibility index (Phi) is 5.37. The Bertz CT molecular complexity index is 372. The molecule has 1 aliphatic carbocycles. The first-order valence-corrected chi connectivity index (χ1v) is 8.88. The van der Waals surface area contributed by atoms with Gasteiger partial charge in [0.25, 0.3) is 0 Å². The number of rotatable bonds is 6. The highest BCUT2D eigenvalue weighted by Crippen LogP contribution is 2.34. The predicted octanol–water partition coefficient (Wildman–Crippen LogP) is 1.56. The van der Waals surface area contributed by atoms with Crippen molar-refractivity contribution in [1.82, 2.24) is 10.2 Å². The monoisotopic (exact) mass is 310 g/mol. The van der Waals surface area contributed by atoms with Crippen LogP contribution in [0, 0.1) is 5.92 Å². The van der Waals surface area contributed by atoms with Crippen LogP contribution >= 0.6 is 0 Å². The van der Waals surface area contributed by atoms with Crippen LogP contribution < -0.4 is 5.32 Å². The van der Waals surface area contributed by atoms with Crippen molar-refractivity contribution < 1.29 is 14.3 Å². The fourth-order valence-corrected chi connectivity index (χ4v) is 3.99. The molecule has 22 heavy (non-hydrogen) atoms. The molecule has 1 N–H and O–H groups in total. The van der Waals surface area contributed by atoms with Crippen molar-refractivity contribution in [2.75, 3.05) is 40.0 Å². The first-order chi connectivity index (χ1) is 10.7. The zero-order chi connectivity index (χ0) is 15.4. The van der Waals surface area contributed by atoms with Crippen LogP contribution in [0.3, 0.4) is 0 Å². The van der Waals surface area contributed by atoms with Crippen molar-refractivity contribution >= 4 is 5.91 Å². The van der Waals surface area contributed by atoms with Crippen LogP contribution in [0.4, 0.5) is 0 Å². The van der Waals surface area contributed by atoms with Crippen molar-refractivity contribution in [3.8, 4) is 0 Å². The molecular formula is C17H30N2O3. The highest BCUT2D eigenvalue weighted by molar-refractivity contribution is 5.81. The molecule has 126 valence electrons. The van der Waals surface area contributed by atoms with Crippen LogP contribution in [0.15, 0.2) is 0 Å². The Balaban J connectivity index is 1.60. The molecule has 2 heterocycles. The molecule has 2 saturated heterocycles. The minimum absolute atomic E-state index is 0.0767. The van der Waals surface area contributed by atoms with Gasteiger partial charge in [0.1, 0.15) is 6.10 Å². The second-order valence-corrected chi connectivity index (χ2v) is 7.10. The van der Waals surface area contributed by atoms with Crippen LogP contribution in [-0.2, 0) is 14.3 Å². The van der Waals surface area contributed by atoms with Gasteiger partial charge in [-0.25, -0.2) is 0 Å². The SMILES string of the molecule is COC(C(=O)NCC1(N2CCCCC2)CCOCC1)C1CC1. The fourth-order valence-electron chi connectivity index (χ4n) is 3.99.